The summed E-state index contributed by atoms with van der Waals surface area (Å²) in [5, 5.41) is 9.51. The number of likely N-dealkylation sites (N-methyl/N-ethyl adjacent to an activating group) is 1. The summed E-state index contributed by atoms with van der Waals surface area (Å²) in [6.45, 7) is 0.257. The Labute approximate surface area is 139 Å². The quantitative estimate of drug-likeness (QED) is 0.915. The van der Waals surface area contributed by atoms with Crippen LogP contribution in [-0.2, 0) is 16.8 Å². The highest BCUT2D eigenvalue weighted by Crippen LogP contribution is 2.55. The molecule has 1 fully saturated rings. The predicted molar refractivity (Wildman–Crippen MR) is 86.1 cm³/mol. The highest BCUT2D eigenvalue weighted by molar-refractivity contribution is 5.92. The monoisotopic (exact) mass is 331 g/mol. The highest BCUT2D eigenvalue weighted by atomic mass is 19.2. The van der Waals surface area contributed by atoms with Crippen LogP contribution in [0.3, 0.4) is 0 Å². The van der Waals surface area contributed by atoms with Crippen molar-refractivity contribution in [3.05, 3.63) is 71.3 Å². The predicted octanol–water partition coefficient (Wildman–Crippen LogP) is 2.87. The third kappa shape index (κ3) is 2.80. The second kappa shape index (κ2) is 6.32. The van der Waals surface area contributed by atoms with Gasteiger partial charge in [0.1, 0.15) is 0 Å². The molecule has 5 heteroatoms. The molecule has 0 bridgehead atoms. The summed E-state index contributed by atoms with van der Waals surface area (Å²) in [5.41, 5.74) is 0.438. The summed E-state index contributed by atoms with van der Waals surface area (Å²) in [7, 11) is 1.68. The highest BCUT2D eigenvalue weighted by Gasteiger charge is 2.61. The Kier molecular flexibility index (Phi) is 4.37. The SMILES string of the molecule is CN(Cc1ccccc1)C(=O)[C@@]1(c2ccc(F)c(F)c2)C[C@H]1CO. The molecule has 126 valence electrons. The molecule has 1 amide bonds. The van der Waals surface area contributed by atoms with Crippen molar-refractivity contribution in [3.8, 4) is 0 Å². The molecular weight excluding hydrogens is 312 g/mol. The molecule has 0 radical (unpaired) electrons. The molecule has 0 aromatic heterocycles. The number of hydrogen-bond donors (Lipinski definition) is 1. The van der Waals surface area contributed by atoms with Crippen molar-refractivity contribution in [2.75, 3.05) is 13.7 Å². The molecule has 1 aliphatic rings. The largest absolute Gasteiger partial charge is 0.396 e. The average Bonchev–Trinajstić information content (AvgIpc) is 3.33. The molecule has 24 heavy (non-hydrogen) atoms. The van der Waals surface area contributed by atoms with Crippen LogP contribution in [0.1, 0.15) is 17.5 Å². The third-order valence-electron chi connectivity index (χ3n) is 4.75. The van der Waals surface area contributed by atoms with Gasteiger partial charge in [-0.1, -0.05) is 36.4 Å². The fraction of sp³-hybridized carbons (Fsp3) is 0.316. The number of aliphatic hydroxyl groups excluding tert-OH is 1. The van der Waals surface area contributed by atoms with Gasteiger partial charge in [0.05, 0.1) is 5.41 Å². The first-order valence-corrected chi connectivity index (χ1v) is 7.85. The van der Waals surface area contributed by atoms with E-state index in [1.165, 1.54) is 6.07 Å². The molecule has 1 N–H and O–H groups in total. The van der Waals surface area contributed by atoms with E-state index in [1.54, 1.807) is 11.9 Å². The molecule has 1 saturated carbocycles. The zero-order valence-electron chi connectivity index (χ0n) is 13.4. The number of hydrogen-bond acceptors (Lipinski definition) is 2. The van der Waals surface area contributed by atoms with Gasteiger partial charge in [-0.3, -0.25) is 4.79 Å². The van der Waals surface area contributed by atoms with Crippen LogP contribution in [0.5, 0.6) is 0 Å². The lowest BCUT2D eigenvalue weighted by Crippen LogP contribution is -2.38. The van der Waals surface area contributed by atoms with Gasteiger partial charge < -0.3 is 10.0 Å². The lowest BCUT2D eigenvalue weighted by Gasteiger charge is -2.25. The van der Waals surface area contributed by atoms with Crippen LogP contribution in [0.25, 0.3) is 0 Å². The van der Waals surface area contributed by atoms with Crippen LogP contribution in [0, 0.1) is 17.6 Å². The van der Waals surface area contributed by atoms with Gasteiger partial charge in [0.15, 0.2) is 11.6 Å². The number of carbonyl (C=O) groups excluding carboxylic acids is 1. The molecule has 0 aliphatic heterocycles. The second-order valence-corrected chi connectivity index (χ2v) is 6.33. The molecule has 0 unspecified atom stereocenters. The van der Waals surface area contributed by atoms with E-state index in [1.807, 2.05) is 30.3 Å². The fourth-order valence-corrected chi connectivity index (χ4v) is 3.33. The lowest BCUT2D eigenvalue weighted by atomic mass is 9.91. The van der Waals surface area contributed by atoms with Crippen molar-refractivity contribution in [1.82, 2.24) is 4.90 Å². The summed E-state index contributed by atoms with van der Waals surface area (Å²) in [5.74, 6) is -2.38. The van der Waals surface area contributed by atoms with Crippen LogP contribution < -0.4 is 0 Å². The topological polar surface area (TPSA) is 40.5 Å². The molecule has 2 aromatic rings. The van der Waals surface area contributed by atoms with E-state index in [0.717, 1.165) is 17.7 Å². The summed E-state index contributed by atoms with van der Waals surface area (Å²) in [6, 6.07) is 13.1. The van der Waals surface area contributed by atoms with Gasteiger partial charge in [-0.15, -0.1) is 0 Å². The Morgan fingerprint density at radius 1 is 1.21 bits per heavy atom. The van der Waals surface area contributed by atoms with Crippen molar-refractivity contribution >= 4 is 5.91 Å². The molecule has 0 spiro atoms. The molecule has 1 aliphatic carbocycles. The number of rotatable bonds is 5. The first-order chi connectivity index (χ1) is 11.5. The van der Waals surface area contributed by atoms with Crippen LogP contribution >= 0.6 is 0 Å². The van der Waals surface area contributed by atoms with E-state index in [0.29, 0.717) is 18.5 Å². The Bertz CT molecular complexity index is 750. The molecule has 0 saturated heterocycles. The smallest absolute Gasteiger partial charge is 0.233 e. The van der Waals surface area contributed by atoms with Gasteiger partial charge in [-0.2, -0.15) is 0 Å². The van der Waals surface area contributed by atoms with Gasteiger partial charge in [0.25, 0.3) is 0 Å². The maximum atomic E-state index is 13.6. The summed E-state index contributed by atoms with van der Waals surface area (Å²) >= 11 is 0. The van der Waals surface area contributed by atoms with E-state index in [4.69, 9.17) is 0 Å². The number of benzene rings is 2. The normalized spacial score (nSPS) is 22.2. The second-order valence-electron chi connectivity index (χ2n) is 6.33. The number of halogens is 2. The van der Waals surface area contributed by atoms with Crippen LogP contribution in [-0.4, -0.2) is 29.6 Å². The average molecular weight is 331 g/mol. The minimum Gasteiger partial charge on any atom is -0.396 e. The Morgan fingerprint density at radius 2 is 1.92 bits per heavy atom. The van der Waals surface area contributed by atoms with Crippen molar-refractivity contribution < 1.29 is 18.7 Å². The lowest BCUT2D eigenvalue weighted by molar-refractivity contribution is -0.133. The summed E-state index contributed by atoms with van der Waals surface area (Å²) < 4.78 is 26.8. The number of amides is 1. The maximum Gasteiger partial charge on any atom is 0.233 e. The van der Waals surface area contributed by atoms with Crippen LogP contribution in [0.15, 0.2) is 48.5 Å². The zero-order valence-corrected chi connectivity index (χ0v) is 13.4. The first kappa shape index (κ1) is 16.6. The van der Waals surface area contributed by atoms with E-state index in [9.17, 15) is 18.7 Å². The zero-order chi connectivity index (χ0) is 17.3. The van der Waals surface area contributed by atoms with Crippen LogP contribution in [0.2, 0.25) is 0 Å². The standard InChI is InChI=1S/C19H19F2NO2/c1-22(11-13-5-3-2-4-6-13)18(24)19(10-15(19)12-23)14-7-8-16(20)17(21)9-14/h2-9,15,23H,10-12H2,1H3/t15-,19+/m0/s1. The summed E-state index contributed by atoms with van der Waals surface area (Å²) in [6.07, 6.45) is 0.437. The first-order valence-electron chi connectivity index (χ1n) is 7.85. The molecule has 2 aromatic carbocycles. The van der Waals surface area contributed by atoms with Gasteiger partial charge in [0.2, 0.25) is 5.91 Å². The van der Waals surface area contributed by atoms with Crippen molar-refractivity contribution in [1.29, 1.82) is 0 Å². The van der Waals surface area contributed by atoms with Gasteiger partial charge in [0, 0.05) is 26.1 Å². The number of nitrogens with zero attached hydrogens (tertiary/aromatic N) is 1. The van der Waals surface area contributed by atoms with Crippen molar-refractivity contribution in [2.45, 2.75) is 18.4 Å². The molecule has 3 nitrogen and oxygen atoms in total. The van der Waals surface area contributed by atoms with Gasteiger partial charge in [-0.05, 0) is 29.7 Å². The van der Waals surface area contributed by atoms with Crippen LogP contribution in [0.4, 0.5) is 8.78 Å². The number of carbonyl (C=O) groups is 1. The Hall–Kier alpha value is -2.27. The van der Waals surface area contributed by atoms with Gasteiger partial charge in [-0.25, -0.2) is 8.78 Å². The molecular formula is C19H19F2NO2. The third-order valence-corrected chi connectivity index (χ3v) is 4.75. The Balaban J connectivity index is 1.87. The molecule has 2 atom stereocenters. The Morgan fingerprint density at radius 3 is 2.50 bits per heavy atom. The van der Waals surface area contributed by atoms with E-state index in [2.05, 4.69) is 0 Å². The van der Waals surface area contributed by atoms with Crippen molar-refractivity contribution in [2.24, 2.45) is 5.92 Å². The summed E-state index contributed by atoms with van der Waals surface area (Å²) in [4.78, 5) is 14.6. The van der Waals surface area contributed by atoms with E-state index >= 15 is 0 Å². The van der Waals surface area contributed by atoms with Gasteiger partial charge >= 0.3 is 0 Å². The van der Waals surface area contributed by atoms with E-state index in [-0.39, 0.29) is 18.4 Å². The fourth-order valence-electron chi connectivity index (χ4n) is 3.33. The van der Waals surface area contributed by atoms with Crippen molar-refractivity contribution in [3.63, 3.8) is 0 Å². The number of aliphatic hydroxyl groups is 1. The minimum absolute atomic E-state index is 0.163. The molecule has 3 rings (SSSR count). The van der Waals surface area contributed by atoms with E-state index < -0.39 is 17.0 Å². The maximum absolute atomic E-state index is 13.6. The molecule has 0 heterocycles. The minimum atomic E-state index is -0.978.